The molecule has 7 heteroatoms. The third kappa shape index (κ3) is 4.11. The molecule has 7 nitrogen and oxygen atoms in total. The number of H-pyrrole nitrogens is 2. The lowest BCUT2D eigenvalue weighted by Crippen LogP contribution is -2.35. The van der Waals surface area contributed by atoms with Gasteiger partial charge in [-0.05, 0) is 37.5 Å². The van der Waals surface area contributed by atoms with Crippen LogP contribution in [0.1, 0.15) is 72.3 Å². The van der Waals surface area contributed by atoms with Crippen LogP contribution in [0.4, 0.5) is 0 Å². The highest BCUT2D eigenvalue weighted by Gasteiger charge is 2.34. The van der Waals surface area contributed by atoms with E-state index in [1.54, 1.807) is 6.21 Å². The molecule has 2 heterocycles. The molecule has 0 radical (unpaired) electrons. The van der Waals surface area contributed by atoms with Gasteiger partial charge in [0.1, 0.15) is 0 Å². The standard InChI is InChI=1S/C25H32N6O/c1-6-25(4,5)18-12-13-22-20(14-18)23(28-27-22)24(32)29-26-15-21-16(2)30-31(17(21)3)19-10-8-7-9-11-19/h7-11,15,18H,6,12-14H2,1-5H3,(H2,27,28,29,32)/p+1/b26-15+. The second-order valence-electron chi connectivity index (χ2n) is 9.42. The fraction of sp³-hybridized carbons (Fsp3) is 0.440. The Bertz CT molecular complexity index is 1140. The number of para-hydroxylation sites is 1. The molecule has 0 aliphatic heterocycles. The number of hydrogen-bond donors (Lipinski definition) is 3. The molecular formula is C25H33N6O+. The SMILES string of the molecule is CCC(C)(C)C1CCc2[nH]nc(C(=O)N/N=C/c3c(C)[nH][n+](-c4ccccc4)c3C)c2C1. The van der Waals surface area contributed by atoms with Gasteiger partial charge in [0.15, 0.2) is 5.69 Å². The average Bonchev–Trinajstić information content (AvgIpc) is 3.35. The molecule has 0 saturated carbocycles. The number of hydrazone groups is 1. The zero-order chi connectivity index (χ0) is 22.9. The molecule has 1 aromatic carbocycles. The number of aromatic amines is 2. The van der Waals surface area contributed by atoms with Crippen molar-refractivity contribution in [1.82, 2.24) is 20.7 Å². The Hall–Kier alpha value is -3.22. The summed E-state index contributed by atoms with van der Waals surface area (Å²) in [5.74, 6) is 0.279. The van der Waals surface area contributed by atoms with Gasteiger partial charge in [-0.3, -0.25) is 9.89 Å². The summed E-state index contributed by atoms with van der Waals surface area (Å²) < 4.78 is 2.01. The minimum atomic E-state index is -0.268. The average molecular weight is 434 g/mol. The van der Waals surface area contributed by atoms with Crippen LogP contribution in [0.3, 0.4) is 0 Å². The summed E-state index contributed by atoms with van der Waals surface area (Å²) in [7, 11) is 0. The Morgan fingerprint density at radius 2 is 2.06 bits per heavy atom. The van der Waals surface area contributed by atoms with Crippen LogP contribution in [-0.4, -0.2) is 27.4 Å². The first-order valence-electron chi connectivity index (χ1n) is 11.4. The Balaban J connectivity index is 1.49. The molecule has 1 atom stereocenters. The van der Waals surface area contributed by atoms with E-state index in [-0.39, 0.29) is 11.3 Å². The lowest BCUT2D eigenvalue weighted by atomic mass is 9.69. The smallest absolute Gasteiger partial charge is 0.281 e. The normalized spacial score (nSPS) is 16.3. The van der Waals surface area contributed by atoms with Gasteiger partial charge in [-0.2, -0.15) is 15.3 Å². The zero-order valence-corrected chi connectivity index (χ0v) is 19.6. The van der Waals surface area contributed by atoms with Gasteiger partial charge in [0.2, 0.25) is 11.4 Å². The van der Waals surface area contributed by atoms with Gasteiger partial charge in [-0.1, -0.05) is 50.1 Å². The first-order valence-corrected chi connectivity index (χ1v) is 11.4. The van der Waals surface area contributed by atoms with Crippen molar-refractivity contribution >= 4 is 12.1 Å². The van der Waals surface area contributed by atoms with E-state index in [9.17, 15) is 4.79 Å². The summed E-state index contributed by atoms with van der Waals surface area (Å²) in [6, 6.07) is 10.1. The molecule has 168 valence electrons. The van der Waals surface area contributed by atoms with Crippen molar-refractivity contribution in [3.8, 4) is 5.69 Å². The van der Waals surface area contributed by atoms with Gasteiger partial charge >= 0.3 is 0 Å². The van der Waals surface area contributed by atoms with E-state index in [1.165, 1.54) is 0 Å². The molecule has 1 amide bonds. The van der Waals surface area contributed by atoms with Gasteiger partial charge in [-0.15, -0.1) is 0 Å². The first-order chi connectivity index (χ1) is 15.3. The van der Waals surface area contributed by atoms with Crippen molar-refractivity contribution < 1.29 is 9.48 Å². The van der Waals surface area contributed by atoms with E-state index < -0.39 is 0 Å². The number of hydrogen-bond acceptors (Lipinski definition) is 3. The number of nitrogens with one attached hydrogen (secondary N) is 3. The minimum Gasteiger partial charge on any atom is -0.281 e. The van der Waals surface area contributed by atoms with Gasteiger partial charge in [0.05, 0.1) is 17.5 Å². The summed E-state index contributed by atoms with van der Waals surface area (Å²) in [5, 5.41) is 15.0. The van der Waals surface area contributed by atoms with Crippen LogP contribution >= 0.6 is 0 Å². The monoisotopic (exact) mass is 433 g/mol. The van der Waals surface area contributed by atoms with Crippen LogP contribution < -0.4 is 10.1 Å². The molecule has 0 spiro atoms. The molecule has 0 bridgehead atoms. The number of carbonyl (C=O) groups is 1. The summed E-state index contributed by atoms with van der Waals surface area (Å²) >= 11 is 0. The highest BCUT2D eigenvalue weighted by molar-refractivity contribution is 5.94. The highest BCUT2D eigenvalue weighted by Crippen LogP contribution is 2.40. The molecule has 0 fully saturated rings. The zero-order valence-electron chi connectivity index (χ0n) is 19.6. The Kier molecular flexibility index (Phi) is 6.00. The number of aromatic nitrogens is 4. The Morgan fingerprint density at radius 3 is 2.78 bits per heavy atom. The third-order valence-electron chi connectivity index (χ3n) is 7.16. The second kappa shape index (κ2) is 8.73. The molecule has 4 rings (SSSR count). The van der Waals surface area contributed by atoms with Gasteiger partial charge in [0.25, 0.3) is 5.91 Å². The largest absolute Gasteiger partial charge is 0.292 e. The number of rotatable bonds is 6. The summed E-state index contributed by atoms with van der Waals surface area (Å²) in [6.45, 7) is 10.9. The number of nitrogens with zero attached hydrogens (tertiary/aromatic N) is 3. The maximum Gasteiger partial charge on any atom is 0.292 e. The van der Waals surface area contributed by atoms with E-state index in [0.29, 0.717) is 11.6 Å². The number of aryl methyl sites for hydroxylation is 2. The Morgan fingerprint density at radius 1 is 1.31 bits per heavy atom. The van der Waals surface area contributed by atoms with E-state index >= 15 is 0 Å². The number of amides is 1. The molecule has 0 saturated heterocycles. The molecule has 1 aliphatic carbocycles. The summed E-state index contributed by atoms with van der Waals surface area (Å²) in [6.07, 6.45) is 5.76. The van der Waals surface area contributed by atoms with E-state index in [4.69, 9.17) is 0 Å². The van der Waals surface area contributed by atoms with E-state index in [2.05, 4.69) is 46.6 Å². The van der Waals surface area contributed by atoms with Crippen molar-refractivity contribution in [2.75, 3.05) is 0 Å². The third-order valence-corrected chi connectivity index (χ3v) is 7.16. The van der Waals surface area contributed by atoms with Crippen molar-refractivity contribution in [1.29, 1.82) is 0 Å². The second-order valence-corrected chi connectivity index (χ2v) is 9.42. The highest BCUT2D eigenvalue weighted by atomic mass is 16.2. The Labute approximate surface area is 189 Å². The maximum absolute atomic E-state index is 12.9. The van der Waals surface area contributed by atoms with E-state index in [1.807, 2.05) is 48.9 Å². The number of carbonyl (C=O) groups excluding carboxylic acids is 1. The van der Waals surface area contributed by atoms with Crippen molar-refractivity contribution in [2.45, 2.75) is 60.3 Å². The molecule has 3 aromatic rings. The van der Waals surface area contributed by atoms with Crippen LogP contribution in [0.5, 0.6) is 0 Å². The predicted octanol–water partition coefficient (Wildman–Crippen LogP) is 3.94. The number of benzene rings is 1. The lowest BCUT2D eigenvalue weighted by molar-refractivity contribution is -0.661. The lowest BCUT2D eigenvalue weighted by Gasteiger charge is -2.36. The van der Waals surface area contributed by atoms with Gasteiger partial charge < -0.3 is 0 Å². The van der Waals surface area contributed by atoms with Gasteiger partial charge in [0, 0.05) is 30.3 Å². The predicted molar refractivity (Wildman–Crippen MR) is 125 cm³/mol. The van der Waals surface area contributed by atoms with Crippen LogP contribution in [-0.2, 0) is 12.8 Å². The summed E-state index contributed by atoms with van der Waals surface area (Å²) in [4.78, 5) is 12.9. The van der Waals surface area contributed by atoms with Crippen LogP contribution in [0, 0.1) is 25.2 Å². The fourth-order valence-corrected chi connectivity index (χ4v) is 4.58. The molecule has 32 heavy (non-hydrogen) atoms. The molecule has 2 aromatic heterocycles. The molecular weight excluding hydrogens is 400 g/mol. The fourth-order valence-electron chi connectivity index (χ4n) is 4.58. The first kappa shape index (κ1) is 22.0. The number of fused-ring (bicyclic) bond motifs is 1. The molecule has 3 N–H and O–H groups in total. The van der Waals surface area contributed by atoms with Crippen LogP contribution in [0.25, 0.3) is 5.69 Å². The van der Waals surface area contributed by atoms with E-state index in [0.717, 1.165) is 59.6 Å². The topological polar surface area (TPSA) is 89.8 Å². The quantitative estimate of drug-likeness (QED) is 0.312. The van der Waals surface area contributed by atoms with Gasteiger partial charge in [-0.25, -0.2) is 5.43 Å². The molecule has 1 aliphatic rings. The minimum absolute atomic E-state index is 0.248. The van der Waals surface area contributed by atoms with Crippen molar-refractivity contribution in [3.63, 3.8) is 0 Å². The maximum atomic E-state index is 12.9. The summed E-state index contributed by atoms with van der Waals surface area (Å²) in [5.41, 5.74) is 9.52. The van der Waals surface area contributed by atoms with Crippen molar-refractivity contribution in [2.24, 2.45) is 16.4 Å². The van der Waals surface area contributed by atoms with Crippen molar-refractivity contribution in [3.05, 3.63) is 64.2 Å². The molecule has 1 unspecified atom stereocenters. The van der Waals surface area contributed by atoms with Crippen LogP contribution in [0.15, 0.2) is 35.4 Å². The van der Waals surface area contributed by atoms with Crippen LogP contribution in [0.2, 0.25) is 0 Å².